The topological polar surface area (TPSA) is 56.0 Å². The molecule has 0 amide bonds. The van der Waals surface area contributed by atoms with Crippen molar-refractivity contribution in [3.05, 3.63) is 18.6 Å². The Bertz CT molecular complexity index is 313. The van der Waals surface area contributed by atoms with Crippen LogP contribution >= 0.6 is 0 Å². The minimum absolute atomic E-state index is 0.650. The van der Waals surface area contributed by atoms with Crippen LogP contribution in [0.2, 0.25) is 0 Å². The number of aliphatic imine (C=N–C) groups is 1. The van der Waals surface area contributed by atoms with Gasteiger partial charge in [-0.15, -0.1) is 5.10 Å². The zero-order valence-electron chi connectivity index (χ0n) is 8.59. The largest absolute Gasteiger partial charge is 0.245 e. The summed E-state index contributed by atoms with van der Waals surface area (Å²) in [5.41, 5.74) is 0. The van der Waals surface area contributed by atoms with Gasteiger partial charge >= 0.3 is 0 Å². The molecule has 0 fully saturated rings. The summed E-state index contributed by atoms with van der Waals surface area (Å²) < 4.78 is 1.57. The minimum Gasteiger partial charge on any atom is -0.245 e. The maximum atomic E-state index is 3.92. The van der Waals surface area contributed by atoms with E-state index in [4.69, 9.17) is 0 Å². The SMILES string of the molecule is C=C/N=C\n1nnnc1CCC(C)C. The number of nitrogens with zero attached hydrogens (tertiary/aromatic N) is 5. The van der Waals surface area contributed by atoms with E-state index in [0.29, 0.717) is 5.92 Å². The Kier molecular flexibility index (Phi) is 3.97. The molecule has 0 spiro atoms. The lowest BCUT2D eigenvalue weighted by atomic mass is 10.1. The maximum Gasteiger partial charge on any atom is 0.157 e. The first-order chi connectivity index (χ1) is 6.74. The van der Waals surface area contributed by atoms with Crippen molar-refractivity contribution in [3.8, 4) is 0 Å². The van der Waals surface area contributed by atoms with Crippen molar-refractivity contribution in [1.82, 2.24) is 20.2 Å². The third-order valence-electron chi connectivity index (χ3n) is 1.79. The van der Waals surface area contributed by atoms with Crippen LogP contribution in [0.1, 0.15) is 26.1 Å². The predicted molar refractivity (Wildman–Crippen MR) is 55.1 cm³/mol. The first kappa shape index (κ1) is 10.6. The standard InChI is InChI=1S/C9H15N5/c1-4-10-7-14-9(11-12-13-14)6-5-8(2)3/h4,7-8H,1,5-6H2,2-3H3/b10-7-. The van der Waals surface area contributed by atoms with E-state index in [-0.39, 0.29) is 0 Å². The van der Waals surface area contributed by atoms with Crippen LogP contribution in [0.3, 0.4) is 0 Å². The fraction of sp³-hybridized carbons (Fsp3) is 0.556. The first-order valence-electron chi connectivity index (χ1n) is 4.65. The second-order valence-electron chi connectivity index (χ2n) is 3.42. The molecule has 1 rings (SSSR count). The highest BCUT2D eigenvalue weighted by Crippen LogP contribution is 2.04. The van der Waals surface area contributed by atoms with Crippen molar-refractivity contribution in [2.75, 3.05) is 0 Å². The van der Waals surface area contributed by atoms with Gasteiger partial charge in [-0.3, -0.25) is 0 Å². The average molecular weight is 193 g/mol. The smallest absolute Gasteiger partial charge is 0.157 e. The van der Waals surface area contributed by atoms with Gasteiger partial charge in [-0.25, -0.2) is 4.99 Å². The number of tetrazole rings is 1. The highest BCUT2D eigenvalue weighted by atomic mass is 15.5. The molecule has 5 nitrogen and oxygen atoms in total. The van der Waals surface area contributed by atoms with Crippen LogP contribution in [0.15, 0.2) is 17.8 Å². The molecule has 0 aliphatic heterocycles. The van der Waals surface area contributed by atoms with E-state index < -0.39 is 0 Å². The third kappa shape index (κ3) is 3.08. The summed E-state index contributed by atoms with van der Waals surface area (Å²) in [4.78, 5) is 3.86. The Morgan fingerprint density at radius 2 is 2.36 bits per heavy atom. The van der Waals surface area contributed by atoms with Gasteiger partial charge in [0, 0.05) is 12.6 Å². The van der Waals surface area contributed by atoms with Crippen LogP contribution in [0.4, 0.5) is 0 Å². The van der Waals surface area contributed by atoms with E-state index in [2.05, 4.69) is 40.9 Å². The maximum absolute atomic E-state index is 3.92. The monoisotopic (exact) mass is 193 g/mol. The molecule has 0 aliphatic carbocycles. The fourth-order valence-corrected chi connectivity index (χ4v) is 0.995. The van der Waals surface area contributed by atoms with Crippen molar-refractivity contribution >= 4 is 6.34 Å². The van der Waals surface area contributed by atoms with Gasteiger partial charge in [0.2, 0.25) is 0 Å². The first-order valence-corrected chi connectivity index (χ1v) is 4.65. The summed E-state index contributed by atoms with van der Waals surface area (Å²) in [7, 11) is 0. The number of rotatable bonds is 5. The van der Waals surface area contributed by atoms with Crippen LogP contribution in [0.25, 0.3) is 0 Å². The molecular formula is C9H15N5. The van der Waals surface area contributed by atoms with Gasteiger partial charge in [-0.2, -0.15) is 4.68 Å². The highest BCUT2D eigenvalue weighted by molar-refractivity contribution is 5.57. The molecule has 0 atom stereocenters. The van der Waals surface area contributed by atoms with Gasteiger partial charge in [0.05, 0.1) is 0 Å². The van der Waals surface area contributed by atoms with E-state index in [1.54, 1.807) is 11.0 Å². The molecule has 1 aromatic rings. The summed E-state index contributed by atoms with van der Waals surface area (Å²) in [6.45, 7) is 7.83. The van der Waals surface area contributed by atoms with Crippen molar-refractivity contribution in [3.63, 3.8) is 0 Å². The summed E-state index contributed by atoms with van der Waals surface area (Å²) >= 11 is 0. The summed E-state index contributed by atoms with van der Waals surface area (Å²) in [6.07, 6.45) is 4.95. The molecule has 0 aliphatic rings. The van der Waals surface area contributed by atoms with Gasteiger partial charge < -0.3 is 0 Å². The van der Waals surface area contributed by atoms with Gasteiger partial charge in [0.15, 0.2) is 5.82 Å². The molecule has 5 heteroatoms. The summed E-state index contributed by atoms with van der Waals surface area (Å²) in [6, 6.07) is 0. The lowest BCUT2D eigenvalue weighted by molar-refractivity contribution is 0.571. The van der Waals surface area contributed by atoms with Crippen LogP contribution < -0.4 is 0 Å². The Hall–Kier alpha value is -1.52. The molecule has 14 heavy (non-hydrogen) atoms. The Morgan fingerprint density at radius 3 is 3.00 bits per heavy atom. The van der Waals surface area contributed by atoms with Gasteiger partial charge in [0.1, 0.15) is 6.34 Å². The quantitative estimate of drug-likeness (QED) is 0.523. The Morgan fingerprint density at radius 1 is 1.57 bits per heavy atom. The molecule has 0 aromatic carbocycles. The number of hydrogen-bond donors (Lipinski definition) is 0. The average Bonchev–Trinajstić information content (AvgIpc) is 2.58. The van der Waals surface area contributed by atoms with Crippen LogP contribution in [0, 0.1) is 5.92 Å². The van der Waals surface area contributed by atoms with Gasteiger partial charge in [-0.1, -0.05) is 20.4 Å². The normalized spacial score (nSPS) is 11.4. The van der Waals surface area contributed by atoms with Gasteiger partial charge in [0.25, 0.3) is 0 Å². The summed E-state index contributed by atoms with van der Waals surface area (Å²) in [5.74, 6) is 1.49. The Balaban J connectivity index is 2.62. The van der Waals surface area contributed by atoms with E-state index in [1.165, 1.54) is 6.20 Å². The van der Waals surface area contributed by atoms with E-state index in [0.717, 1.165) is 18.7 Å². The van der Waals surface area contributed by atoms with E-state index in [9.17, 15) is 0 Å². The predicted octanol–water partition coefficient (Wildman–Crippen LogP) is 1.28. The molecule has 1 aromatic heterocycles. The number of aromatic nitrogens is 4. The second kappa shape index (κ2) is 5.26. The molecule has 0 bridgehead atoms. The molecule has 0 saturated carbocycles. The minimum atomic E-state index is 0.650. The van der Waals surface area contributed by atoms with Crippen molar-refractivity contribution < 1.29 is 0 Å². The van der Waals surface area contributed by atoms with E-state index in [1.807, 2.05) is 0 Å². The van der Waals surface area contributed by atoms with Crippen LogP contribution in [-0.4, -0.2) is 26.5 Å². The fourth-order valence-electron chi connectivity index (χ4n) is 0.995. The van der Waals surface area contributed by atoms with Crippen LogP contribution in [-0.2, 0) is 6.42 Å². The molecule has 0 N–H and O–H groups in total. The molecule has 76 valence electrons. The van der Waals surface area contributed by atoms with Gasteiger partial charge in [-0.05, 0) is 22.8 Å². The number of aryl methyl sites for hydroxylation is 1. The zero-order valence-corrected chi connectivity index (χ0v) is 8.59. The molecular weight excluding hydrogens is 178 g/mol. The Labute approximate surface area is 83.5 Å². The molecule has 0 saturated heterocycles. The highest BCUT2D eigenvalue weighted by Gasteiger charge is 2.04. The summed E-state index contributed by atoms with van der Waals surface area (Å²) in [5, 5.41) is 11.3. The second-order valence-corrected chi connectivity index (χ2v) is 3.42. The lowest BCUT2D eigenvalue weighted by Gasteiger charge is -2.01. The van der Waals surface area contributed by atoms with Crippen molar-refractivity contribution in [2.24, 2.45) is 10.9 Å². The van der Waals surface area contributed by atoms with E-state index >= 15 is 0 Å². The van der Waals surface area contributed by atoms with Crippen molar-refractivity contribution in [2.45, 2.75) is 26.7 Å². The third-order valence-corrected chi connectivity index (χ3v) is 1.79. The molecule has 0 radical (unpaired) electrons. The van der Waals surface area contributed by atoms with Crippen LogP contribution in [0.5, 0.6) is 0 Å². The molecule has 1 heterocycles. The lowest BCUT2D eigenvalue weighted by Crippen LogP contribution is -2.05. The molecule has 0 unspecified atom stereocenters. The zero-order chi connectivity index (χ0) is 10.4. The van der Waals surface area contributed by atoms with Crippen molar-refractivity contribution in [1.29, 1.82) is 0 Å². The number of hydrogen-bond acceptors (Lipinski definition) is 4.